The number of benzene rings is 1. The van der Waals surface area contributed by atoms with Crippen LogP contribution in [0, 0.1) is 23.7 Å². The fraction of sp³-hybridized carbons (Fsp3) is 0.0588. The molecule has 0 aliphatic rings. The van der Waals surface area contributed by atoms with Crippen LogP contribution in [0.3, 0.4) is 0 Å². The van der Waals surface area contributed by atoms with Crippen LogP contribution in [0.2, 0.25) is 0 Å². The first-order valence-corrected chi connectivity index (χ1v) is 6.11. The first-order chi connectivity index (χ1) is 10.3. The fourth-order valence-corrected chi connectivity index (χ4v) is 1.70. The van der Waals surface area contributed by atoms with Crippen LogP contribution in [0.25, 0.3) is 6.08 Å². The van der Waals surface area contributed by atoms with E-state index in [1.165, 1.54) is 18.4 Å². The Hall–Kier alpha value is -3.24. The van der Waals surface area contributed by atoms with Crippen LogP contribution in [0.1, 0.15) is 16.1 Å². The molecule has 0 radical (unpaired) electrons. The highest BCUT2D eigenvalue weighted by Gasteiger charge is 2.15. The SMILES string of the molecule is C#CCOc1ccccc1/C=C(\C#N)C(=O)c1ccco1. The van der Waals surface area contributed by atoms with Gasteiger partial charge < -0.3 is 9.15 Å². The van der Waals surface area contributed by atoms with E-state index >= 15 is 0 Å². The molecule has 1 aromatic carbocycles. The molecule has 0 N–H and O–H groups in total. The number of nitriles is 1. The van der Waals surface area contributed by atoms with Crippen LogP contribution < -0.4 is 4.74 Å². The first-order valence-electron chi connectivity index (χ1n) is 6.11. The van der Waals surface area contributed by atoms with Crippen LogP contribution in [-0.4, -0.2) is 12.4 Å². The molecule has 4 nitrogen and oxygen atoms in total. The van der Waals surface area contributed by atoms with Gasteiger partial charge in [0.05, 0.1) is 6.26 Å². The van der Waals surface area contributed by atoms with Crippen molar-refractivity contribution in [2.75, 3.05) is 6.61 Å². The Morgan fingerprint density at radius 1 is 1.33 bits per heavy atom. The van der Waals surface area contributed by atoms with Crippen molar-refractivity contribution in [2.24, 2.45) is 0 Å². The summed E-state index contributed by atoms with van der Waals surface area (Å²) in [7, 11) is 0. The summed E-state index contributed by atoms with van der Waals surface area (Å²) in [6.45, 7) is 0.110. The standard InChI is InChI=1S/C17H11NO3/c1-2-9-20-15-7-4-3-6-13(15)11-14(12-18)17(19)16-8-5-10-21-16/h1,3-8,10-11H,9H2/b14-11+. The summed E-state index contributed by atoms with van der Waals surface area (Å²) in [4.78, 5) is 12.1. The number of hydrogen-bond donors (Lipinski definition) is 0. The Bertz CT molecular complexity index is 743. The number of allylic oxidation sites excluding steroid dienone is 1. The lowest BCUT2D eigenvalue weighted by atomic mass is 10.1. The summed E-state index contributed by atoms with van der Waals surface area (Å²) >= 11 is 0. The quantitative estimate of drug-likeness (QED) is 0.364. The average Bonchev–Trinajstić information content (AvgIpc) is 3.05. The maximum absolute atomic E-state index is 12.1. The molecule has 0 atom stereocenters. The largest absolute Gasteiger partial charge is 0.480 e. The molecule has 21 heavy (non-hydrogen) atoms. The molecule has 0 aliphatic carbocycles. The van der Waals surface area contributed by atoms with Crippen LogP contribution in [-0.2, 0) is 0 Å². The molecular weight excluding hydrogens is 266 g/mol. The Balaban J connectivity index is 2.35. The van der Waals surface area contributed by atoms with Gasteiger partial charge in [-0.2, -0.15) is 5.26 Å². The van der Waals surface area contributed by atoms with Gasteiger partial charge in [-0.1, -0.05) is 24.1 Å². The zero-order chi connectivity index (χ0) is 15.1. The highest BCUT2D eigenvalue weighted by molar-refractivity contribution is 6.12. The third-order valence-electron chi connectivity index (χ3n) is 2.64. The van der Waals surface area contributed by atoms with E-state index in [1.54, 1.807) is 30.3 Å². The van der Waals surface area contributed by atoms with E-state index in [-0.39, 0.29) is 17.9 Å². The molecule has 1 heterocycles. The Kier molecular flexibility index (Phi) is 4.58. The fourth-order valence-electron chi connectivity index (χ4n) is 1.70. The number of para-hydroxylation sites is 1. The van der Waals surface area contributed by atoms with Crippen LogP contribution in [0.15, 0.2) is 52.7 Å². The minimum Gasteiger partial charge on any atom is -0.480 e. The Labute approximate surface area is 122 Å². The Morgan fingerprint density at radius 3 is 2.81 bits per heavy atom. The van der Waals surface area contributed by atoms with Crippen molar-refractivity contribution in [1.29, 1.82) is 5.26 Å². The zero-order valence-corrected chi connectivity index (χ0v) is 11.1. The minimum atomic E-state index is -0.478. The number of terminal acetylenes is 1. The monoisotopic (exact) mass is 277 g/mol. The van der Waals surface area contributed by atoms with Gasteiger partial charge in [0.25, 0.3) is 0 Å². The number of rotatable bonds is 5. The van der Waals surface area contributed by atoms with Gasteiger partial charge >= 0.3 is 0 Å². The van der Waals surface area contributed by atoms with Crippen LogP contribution >= 0.6 is 0 Å². The van der Waals surface area contributed by atoms with Crippen molar-refractivity contribution in [3.8, 4) is 24.2 Å². The number of carbonyl (C=O) groups excluding carboxylic acids is 1. The van der Waals surface area contributed by atoms with Gasteiger partial charge in [0.15, 0.2) is 5.76 Å². The summed E-state index contributed by atoms with van der Waals surface area (Å²) < 4.78 is 10.4. The first kappa shape index (κ1) is 14.2. The number of Topliss-reactive ketones (excluding diaryl/α,β-unsaturated/α-hetero) is 1. The third-order valence-corrected chi connectivity index (χ3v) is 2.64. The van der Waals surface area contributed by atoms with Crippen molar-refractivity contribution in [1.82, 2.24) is 0 Å². The number of furan rings is 1. The topological polar surface area (TPSA) is 63.2 Å². The molecule has 2 aromatic rings. The minimum absolute atomic E-state index is 0.0401. The normalized spacial score (nSPS) is 10.5. The predicted octanol–water partition coefficient (Wildman–Crippen LogP) is 3.08. The van der Waals surface area contributed by atoms with E-state index in [9.17, 15) is 4.79 Å². The summed E-state index contributed by atoms with van der Waals surface area (Å²) in [5, 5.41) is 9.17. The number of hydrogen-bond acceptors (Lipinski definition) is 4. The van der Waals surface area contributed by atoms with Gasteiger partial charge in [-0.25, -0.2) is 0 Å². The Morgan fingerprint density at radius 2 is 2.14 bits per heavy atom. The maximum atomic E-state index is 12.1. The summed E-state index contributed by atoms with van der Waals surface area (Å²) in [6.07, 6.45) is 7.99. The molecule has 0 aliphatic heterocycles. The van der Waals surface area contributed by atoms with Crippen LogP contribution in [0.4, 0.5) is 0 Å². The van der Waals surface area contributed by atoms with E-state index < -0.39 is 5.78 Å². The van der Waals surface area contributed by atoms with E-state index in [4.69, 9.17) is 20.8 Å². The second-order valence-corrected chi connectivity index (χ2v) is 4.01. The highest BCUT2D eigenvalue weighted by Crippen LogP contribution is 2.22. The van der Waals surface area contributed by atoms with Crippen molar-refractivity contribution in [3.63, 3.8) is 0 Å². The second kappa shape index (κ2) is 6.79. The van der Waals surface area contributed by atoms with E-state index in [2.05, 4.69) is 5.92 Å². The summed E-state index contributed by atoms with van der Waals surface area (Å²) in [6, 6.07) is 12.0. The van der Waals surface area contributed by atoms with Crippen molar-refractivity contribution in [3.05, 3.63) is 59.6 Å². The van der Waals surface area contributed by atoms with Crippen molar-refractivity contribution >= 4 is 11.9 Å². The van der Waals surface area contributed by atoms with Gasteiger partial charge in [-0.3, -0.25) is 4.79 Å². The number of ketones is 1. The number of ether oxygens (including phenoxy) is 1. The van der Waals surface area contributed by atoms with Crippen LogP contribution in [0.5, 0.6) is 5.75 Å². The van der Waals surface area contributed by atoms with Gasteiger partial charge in [0.1, 0.15) is 24.0 Å². The molecule has 0 spiro atoms. The summed E-state index contributed by atoms with van der Waals surface area (Å²) in [5.74, 6) is 2.51. The van der Waals surface area contributed by atoms with E-state index in [0.717, 1.165) is 0 Å². The van der Waals surface area contributed by atoms with Gasteiger partial charge in [0, 0.05) is 5.56 Å². The van der Waals surface area contributed by atoms with Crippen molar-refractivity contribution < 1.29 is 13.9 Å². The molecule has 4 heteroatoms. The van der Waals surface area contributed by atoms with E-state index in [0.29, 0.717) is 11.3 Å². The molecule has 0 bridgehead atoms. The van der Waals surface area contributed by atoms with Gasteiger partial charge in [0.2, 0.25) is 5.78 Å². The average molecular weight is 277 g/mol. The molecule has 2 rings (SSSR count). The lowest BCUT2D eigenvalue weighted by molar-refractivity contribution is 0.101. The second-order valence-electron chi connectivity index (χ2n) is 4.01. The number of carbonyl (C=O) groups is 1. The zero-order valence-electron chi connectivity index (χ0n) is 11.1. The molecule has 0 unspecified atom stereocenters. The van der Waals surface area contributed by atoms with Gasteiger partial charge in [-0.15, -0.1) is 6.42 Å². The molecule has 0 amide bonds. The molecular formula is C17H11NO3. The molecule has 1 aromatic heterocycles. The van der Waals surface area contributed by atoms with Gasteiger partial charge in [-0.05, 0) is 24.3 Å². The molecule has 0 saturated heterocycles. The third kappa shape index (κ3) is 3.40. The lowest BCUT2D eigenvalue weighted by Crippen LogP contribution is -2.01. The smallest absolute Gasteiger partial charge is 0.238 e. The predicted molar refractivity (Wildman–Crippen MR) is 77.4 cm³/mol. The molecule has 102 valence electrons. The summed E-state index contributed by atoms with van der Waals surface area (Å²) in [5.41, 5.74) is 0.561. The molecule has 0 fully saturated rings. The van der Waals surface area contributed by atoms with E-state index in [1.807, 2.05) is 6.07 Å². The highest BCUT2D eigenvalue weighted by atomic mass is 16.5. The molecule has 0 saturated carbocycles. The number of nitrogens with zero attached hydrogens (tertiary/aromatic N) is 1. The maximum Gasteiger partial charge on any atom is 0.238 e. The lowest BCUT2D eigenvalue weighted by Gasteiger charge is -2.06. The van der Waals surface area contributed by atoms with Crippen molar-refractivity contribution in [2.45, 2.75) is 0 Å².